The predicted molar refractivity (Wildman–Crippen MR) is 44.0 cm³/mol. The van der Waals surface area contributed by atoms with Crippen LogP contribution in [0.5, 0.6) is 0 Å². The molecule has 2 N–H and O–H groups in total. The fourth-order valence-electron chi connectivity index (χ4n) is 1.66. The average molecular weight is 156 g/mol. The lowest BCUT2D eigenvalue weighted by atomic mass is 9.95. The Hall–Kier alpha value is -0.570. The van der Waals surface area contributed by atoms with Gasteiger partial charge in [0.2, 0.25) is 6.41 Å². The van der Waals surface area contributed by atoms with Crippen LogP contribution in [0.25, 0.3) is 0 Å². The van der Waals surface area contributed by atoms with E-state index in [-0.39, 0.29) is 0 Å². The standard InChI is InChI=1S/C8H16N2O/c9-4-3-8-2-1-5-10(6-8)7-11/h7-8H,1-6,9H2. The van der Waals surface area contributed by atoms with Crippen molar-refractivity contribution in [2.45, 2.75) is 19.3 Å². The van der Waals surface area contributed by atoms with Crippen molar-refractivity contribution in [3.8, 4) is 0 Å². The number of carbonyl (C=O) groups is 1. The number of nitrogens with two attached hydrogens (primary N) is 1. The van der Waals surface area contributed by atoms with Gasteiger partial charge in [0.15, 0.2) is 0 Å². The third-order valence-corrected chi connectivity index (χ3v) is 2.27. The zero-order valence-electron chi connectivity index (χ0n) is 6.83. The van der Waals surface area contributed by atoms with E-state index in [4.69, 9.17) is 5.73 Å². The highest BCUT2D eigenvalue weighted by molar-refractivity contribution is 5.47. The van der Waals surface area contributed by atoms with Crippen molar-refractivity contribution in [1.82, 2.24) is 4.90 Å². The topological polar surface area (TPSA) is 46.3 Å². The lowest BCUT2D eigenvalue weighted by molar-refractivity contribution is -0.119. The van der Waals surface area contributed by atoms with Crippen molar-refractivity contribution in [3.05, 3.63) is 0 Å². The average Bonchev–Trinajstić information content (AvgIpc) is 2.06. The van der Waals surface area contributed by atoms with E-state index in [1.54, 1.807) is 0 Å². The van der Waals surface area contributed by atoms with Crippen LogP contribution >= 0.6 is 0 Å². The maximum atomic E-state index is 10.4. The second-order valence-electron chi connectivity index (χ2n) is 3.19. The first-order chi connectivity index (χ1) is 5.36. The van der Waals surface area contributed by atoms with Gasteiger partial charge >= 0.3 is 0 Å². The molecule has 0 aromatic rings. The van der Waals surface area contributed by atoms with Gasteiger partial charge in [-0.25, -0.2) is 0 Å². The maximum Gasteiger partial charge on any atom is 0.209 e. The fourth-order valence-corrected chi connectivity index (χ4v) is 1.66. The third-order valence-electron chi connectivity index (χ3n) is 2.27. The molecule has 0 saturated carbocycles. The summed E-state index contributed by atoms with van der Waals surface area (Å²) in [5.74, 6) is 0.652. The van der Waals surface area contributed by atoms with Gasteiger partial charge in [0.1, 0.15) is 0 Å². The van der Waals surface area contributed by atoms with Gasteiger partial charge in [-0.15, -0.1) is 0 Å². The molecule has 1 unspecified atom stereocenters. The highest BCUT2D eigenvalue weighted by Gasteiger charge is 2.17. The number of likely N-dealkylation sites (tertiary alicyclic amines) is 1. The Bertz CT molecular complexity index is 125. The molecule has 1 atom stereocenters. The lowest BCUT2D eigenvalue weighted by Gasteiger charge is -2.29. The number of hydrogen-bond acceptors (Lipinski definition) is 2. The van der Waals surface area contributed by atoms with Crippen LogP contribution in [0.2, 0.25) is 0 Å². The summed E-state index contributed by atoms with van der Waals surface area (Å²) in [4.78, 5) is 12.3. The molecule has 64 valence electrons. The molecule has 1 heterocycles. The van der Waals surface area contributed by atoms with E-state index in [0.29, 0.717) is 5.92 Å². The molecule has 0 radical (unpaired) electrons. The van der Waals surface area contributed by atoms with E-state index >= 15 is 0 Å². The largest absolute Gasteiger partial charge is 0.345 e. The smallest absolute Gasteiger partial charge is 0.209 e. The van der Waals surface area contributed by atoms with E-state index in [1.807, 2.05) is 4.90 Å². The summed E-state index contributed by atoms with van der Waals surface area (Å²) in [7, 11) is 0. The number of hydrogen-bond donors (Lipinski definition) is 1. The van der Waals surface area contributed by atoms with Crippen molar-refractivity contribution < 1.29 is 4.79 Å². The number of piperidine rings is 1. The van der Waals surface area contributed by atoms with Crippen LogP contribution in [-0.4, -0.2) is 30.9 Å². The minimum absolute atomic E-state index is 0.652. The Kier molecular flexibility index (Phi) is 3.36. The normalized spacial score (nSPS) is 25.2. The van der Waals surface area contributed by atoms with Crippen molar-refractivity contribution in [1.29, 1.82) is 0 Å². The zero-order valence-corrected chi connectivity index (χ0v) is 6.83. The Morgan fingerprint density at radius 3 is 3.09 bits per heavy atom. The SMILES string of the molecule is NCCC1CCCN(C=O)C1. The van der Waals surface area contributed by atoms with Crippen LogP contribution in [0.4, 0.5) is 0 Å². The molecule has 1 aliphatic rings. The highest BCUT2D eigenvalue weighted by atomic mass is 16.1. The van der Waals surface area contributed by atoms with Crippen molar-refractivity contribution in [3.63, 3.8) is 0 Å². The Morgan fingerprint density at radius 1 is 1.64 bits per heavy atom. The van der Waals surface area contributed by atoms with E-state index in [9.17, 15) is 4.79 Å². The second-order valence-corrected chi connectivity index (χ2v) is 3.19. The molecule has 1 rings (SSSR count). The first kappa shape index (κ1) is 8.53. The molecule has 0 spiro atoms. The first-order valence-electron chi connectivity index (χ1n) is 4.26. The Balaban J connectivity index is 2.27. The molecule has 1 saturated heterocycles. The molecule has 0 bridgehead atoms. The van der Waals surface area contributed by atoms with Gasteiger partial charge in [-0.05, 0) is 31.7 Å². The summed E-state index contributed by atoms with van der Waals surface area (Å²) in [5, 5.41) is 0. The van der Waals surface area contributed by atoms with Gasteiger partial charge in [-0.3, -0.25) is 4.79 Å². The van der Waals surface area contributed by atoms with Gasteiger partial charge in [-0.1, -0.05) is 0 Å². The molecule has 1 fully saturated rings. The molecule has 3 nitrogen and oxygen atoms in total. The number of nitrogens with zero attached hydrogens (tertiary/aromatic N) is 1. The zero-order chi connectivity index (χ0) is 8.10. The van der Waals surface area contributed by atoms with E-state index in [0.717, 1.165) is 38.9 Å². The van der Waals surface area contributed by atoms with Crippen LogP contribution < -0.4 is 5.73 Å². The summed E-state index contributed by atoms with van der Waals surface area (Å²) >= 11 is 0. The van der Waals surface area contributed by atoms with Crippen molar-refractivity contribution in [2.75, 3.05) is 19.6 Å². The second kappa shape index (κ2) is 4.34. The van der Waals surface area contributed by atoms with Gasteiger partial charge in [-0.2, -0.15) is 0 Å². The molecular weight excluding hydrogens is 140 g/mol. The van der Waals surface area contributed by atoms with Crippen LogP contribution in [0.1, 0.15) is 19.3 Å². The van der Waals surface area contributed by atoms with Crippen molar-refractivity contribution >= 4 is 6.41 Å². The molecule has 0 aliphatic carbocycles. The first-order valence-corrected chi connectivity index (χ1v) is 4.26. The fraction of sp³-hybridized carbons (Fsp3) is 0.875. The van der Waals surface area contributed by atoms with Crippen molar-refractivity contribution in [2.24, 2.45) is 11.7 Å². The molecule has 0 aromatic carbocycles. The number of carbonyl (C=O) groups excluding carboxylic acids is 1. The number of amides is 1. The van der Waals surface area contributed by atoms with Crippen LogP contribution in [-0.2, 0) is 4.79 Å². The molecule has 3 heteroatoms. The van der Waals surface area contributed by atoms with Gasteiger partial charge in [0.05, 0.1) is 0 Å². The molecule has 1 aliphatic heterocycles. The summed E-state index contributed by atoms with van der Waals surface area (Å²) in [6.45, 7) is 2.60. The minimum atomic E-state index is 0.652. The monoisotopic (exact) mass is 156 g/mol. The number of rotatable bonds is 3. The van der Waals surface area contributed by atoms with Gasteiger partial charge in [0.25, 0.3) is 0 Å². The Morgan fingerprint density at radius 2 is 2.45 bits per heavy atom. The molecule has 0 aromatic heterocycles. The van der Waals surface area contributed by atoms with E-state index < -0.39 is 0 Å². The van der Waals surface area contributed by atoms with E-state index in [2.05, 4.69) is 0 Å². The highest BCUT2D eigenvalue weighted by Crippen LogP contribution is 2.17. The van der Waals surface area contributed by atoms with Crippen LogP contribution in [0.15, 0.2) is 0 Å². The maximum absolute atomic E-state index is 10.4. The molecule has 1 amide bonds. The Labute approximate surface area is 67.5 Å². The predicted octanol–water partition coefficient (Wildman–Crippen LogP) is 0.204. The quantitative estimate of drug-likeness (QED) is 0.593. The summed E-state index contributed by atoms with van der Waals surface area (Å²) in [6.07, 6.45) is 4.39. The van der Waals surface area contributed by atoms with Crippen LogP contribution in [0, 0.1) is 5.92 Å². The third kappa shape index (κ3) is 2.50. The minimum Gasteiger partial charge on any atom is -0.345 e. The van der Waals surface area contributed by atoms with Gasteiger partial charge in [0, 0.05) is 13.1 Å². The van der Waals surface area contributed by atoms with Gasteiger partial charge < -0.3 is 10.6 Å². The van der Waals surface area contributed by atoms with Crippen LogP contribution in [0.3, 0.4) is 0 Å². The molecule has 11 heavy (non-hydrogen) atoms. The summed E-state index contributed by atoms with van der Waals surface area (Å²) in [5.41, 5.74) is 5.44. The summed E-state index contributed by atoms with van der Waals surface area (Å²) < 4.78 is 0. The molecular formula is C8H16N2O. The van der Waals surface area contributed by atoms with E-state index in [1.165, 1.54) is 6.42 Å². The lowest BCUT2D eigenvalue weighted by Crippen LogP contribution is -2.35. The summed E-state index contributed by atoms with van der Waals surface area (Å²) in [6, 6.07) is 0.